The highest BCUT2D eigenvalue weighted by Crippen LogP contribution is 2.26. The molecule has 0 aliphatic rings. The lowest BCUT2D eigenvalue weighted by atomic mass is 9.98. The van der Waals surface area contributed by atoms with Gasteiger partial charge in [0.05, 0.1) is 6.04 Å². The molecule has 0 saturated heterocycles. The Morgan fingerprint density at radius 1 is 1.05 bits per heavy atom. The quantitative estimate of drug-likeness (QED) is 0.835. The van der Waals surface area contributed by atoms with Gasteiger partial charge in [-0.25, -0.2) is 0 Å². The average molecular weight is 346 g/mol. The summed E-state index contributed by atoms with van der Waals surface area (Å²) in [5.74, 6) is -0.151. The lowest BCUT2D eigenvalue weighted by Crippen LogP contribution is -2.28. The van der Waals surface area contributed by atoms with Gasteiger partial charge in [-0.2, -0.15) is 0 Å². The summed E-state index contributed by atoms with van der Waals surface area (Å²) in [5.41, 5.74) is 1.55. The summed E-state index contributed by atoms with van der Waals surface area (Å²) in [7, 11) is 0. The molecule has 0 aromatic heterocycles. The van der Waals surface area contributed by atoms with E-state index in [1.54, 1.807) is 12.1 Å². The third-order valence-electron chi connectivity index (χ3n) is 3.14. The Kier molecular flexibility index (Phi) is 5.28. The van der Waals surface area contributed by atoms with Crippen LogP contribution < -0.4 is 5.32 Å². The molecule has 0 fully saturated rings. The third-order valence-corrected chi connectivity index (χ3v) is 3.87. The highest BCUT2D eigenvalue weighted by Gasteiger charge is 2.19. The van der Waals surface area contributed by atoms with E-state index in [0.717, 1.165) is 10.0 Å². The molecule has 0 bridgehead atoms. The van der Waals surface area contributed by atoms with Crippen LogP contribution in [0.3, 0.4) is 0 Å². The molecule has 1 amide bonds. The Morgan fingerprint density at radius 3 is 2.29 bits per heavy atom. The first-order valence-electron chi connectivity index (χ1n) is 6.67. The van der Waals surface area contributed by atoms with Gasteiger partial charge in [0.25, 0.3) is 0 Å². The van der Waals surface area contributed by atoms with Gasteiger partial charge in [-0.15, -0.1) is 0 Å². The molecule has 1 atom stereocenters. The molecular weight excluding hydrogens is 330 g/mol. The van der Waals surface area contributed by atoms with Crippen molar-refractivity contribution in [2.75, 3.05) is 0 Å². The predicted octanol–water partition coefficient (Wildman–Crippen LogP) is 3.90. The summed E-state index contributed by atoms with van der Waals surface area (Å²) in [6.45, 7) is 1.46. The first-order valence-corrected chi connectivity index (χ1v) is 7.47. The molecule has 0 aliphatic carbocycles. The molecule has 1 unspecified atom stereocenters. The minimum atomic E-state index is -0.342. The number of rotatable bonds is 5. The van der Waals surface area contributed by atoms with Crippen LogP contribution in [0.5, 0.6) is 0 Å². The molecule has 0 radical (unpaired) electrons. The lowest BCUT2D eigenvalue weighted by Gasteiger charge is -2.19. The van der Waals surface area contributed by atoms with Crippen LogP contribution in [0.25, 0.3) is 0 Å². The fourth-order valence-corrected chi connectivity index (χ4v) is 2.73. The zero-order valence-electron chi connectivity index (χ0n) is 11.7. The van der Waals surface area contributed by atoms with Gasteiger partial charge in [0, 0.05) is 23.4 Å². The molecule has 2 aromatic rings. The SMILES string of the molecule is CC(=O)NC(CC(=O)c1ccccc1)c1ccccc1Br. The molecular formula is C17H16BrNO2. The van der Waals surface area contributed by atoms with Crippen molar-refractivity contribution in [3.63, 3.8) is 0 Å². The summed E-state index contributed by atoms with van der Waals surface area (Å²) >= 11 is 3.47. The van der Waals surface area contributed by atoms with E-state index in [-0.39, 0.29) is 24.2 Å². The van der Waals surface area contributed by atoms with E-state index in [1.807, 2.05) is 42.5 Å². The van der Waals surface area contributed by atoms with Gasteiger partial charge in [-0.1, -0.05) is 64.5 Å². The van der Waals surface area contributed by atoms with Gasteiger partial charge in [-0.05, 0) is 11.6 Å². The maximum atomic E-state index is 12.4. The molecule has 0 aliphatic heterocycles. The van der Waals surface area contributed by atoms with E-state index in [1.165, 1.54) is 6.92 Å². The second-order valence-electron chi connectivity index (χ2n) is 4.77. The molecule has 0 spiro atoms. The average Bonchev–Trinajstić information content (AvgIpc) is 2.47. The van der Waals surface area contributed by atoms with E-state index in [0.29, 0.717) is 5.56 Å². The van der Waals surface area contributed by atoms with Crippen molar-refractivity contribution in [1.82, 2.24) is 5.32 Å². The largest absolute Gasteiger partial charge is 0.349 e. The summed E-state index contributed by atoms with van der Waals surface area (Å²) in [6.07, 6.45) is 0.228. The molecule has 4 heteroatoms. The number of amides is 1. The lowest BCUT2D eigenvalue weighted by molar-refractivity contribution is -0.119. The number of carbonyl (C=O) groups excluding carboxylic acids is 2. The van der Waals surface area contributed by atoms with Crippen LogP contribution in [0.4, 0.5) is 0 Å². The van der Waals surface area contributed by atoms with Crippen LogP contribution in [-0.2, 0) is 4.79 Å². The predicted molar refractivity (Wildman–Crippen MR) is 86.1 cm³/mol. The normalized spacial score (nSPS) is 11.7. The minimum absolute atomic E-state index is 0.00473. The van der Waals surface area contributed by atoms with Crippen LogP contribution in [0.2, 0.25) is 0 Å². The monoisotopic (exact) mass is 345 g/mol. The minimum Gasteiger partial charge on any atom is -0.349 e. The van der Waals surface area contributed by atoms with Crippen molar-refractivity contribution in [1.29, 1.82) is 0 Å². The second kappa shape index (κ2) is 7.18. The molecule has 0 saturated carbocycles. The van der Waals surface area contributed by atoms with Gasteiger partial charge in [0.15, 0.2) is 5.78 Å². The van der Waals surface area contributed by atoms with Crippen LogP contribution in [-0.4, -0.2) is 11.7 Å². The molecule has 1 N–H and O–H groups in total. The zero-order chi connectivity index (χ0) is 15.2. The fraction of sp³-hybridized carbons (Fsp3) is 0.176. The van der Waals surface area contributed by atoms with Gasteiger partial charge < -0.3 is 5.32 Å². The highest BCUT2D eigenvalue weighted by atomic mass is 79.9. The summed E-state index contributed by atoms with van der Waals surface area (Å²) in [4.78, 5) is 23.8. The van der Waals surface area contributed by atoms with Crippen LogP contribution in [0.1, 0.15) is 35.3 Å². The Labute approximate surface area is 132 Å². The highest BCUT2D eigenvalue weighted by molar-refractivity contribution is 9.10. The molecule has 108 valence electrons. The van der Waals surface area contributed by atoms with E-state index in [9.17, 15) is 9.59 Å². The Balaban J connectivity index is 2.23. The fourth-order valence-electron chi connectivity index (χ4n) is 2.17. The molecule has 21 heavy (non-hydrogen) atoms. The molecule has 2 aromatic carbocycles. The van der Waals surface area contributed by atoms with Crippen LogP contribution in [0, 0.1) is 0 Å². The van der Waals surface area contributed by atoms with E-state index in [4.69, 9.17) is 0 Å². The number of hydrogen-bond donors (Lipinski definition) is 1. The number of nitrogens with one attached hydrogen (secondary N) is 1. The van der Waals surface area contributed by atoms with E-state index in [2.05, 4.69) is 21.2 Å². The molecule has 3 nitrogen and oxygen atoms in total. The number of benzene rings is 2. The standard InChI is InChI=1S/C17H16BrNO2/c1-12(20)19-16(14-9-5-6-10-15(14)18)11-17(21)13-7-3-2-4-8-13/h2-10,16H,11H2,1H3,(H,19,20). The number of hydrogen-bond acceptors (Lipinski definition) is 2. The van der Waals surface area contributed by atoms with Crippen LogP contribution >= 0.6 is 15.9 Å². The summed E-state index contributed by atoms with van der Waals surface area (Å²) in [5, 5.41) is 2.85. The number of Topliss-reactive ketones (excluding diaryl/α,β-unsaturated/α-hetero) is 1. The van der Waals surface area contributed by atoms with Crippen molar-refractivity contribution < 1.29 is 9.59 Å². The summed E-state index contributed by atoms with van der Waals surface area (Å²) in [6, 6.07) is 16.4. The topological polar surface area (TPSA) is 46.2 Å². The van der Waals surface area contributed by atoms with Gasteiger partial charge in [0.2, 0.25) is 5.91 Å². The zero-order valence-corrected chi connectivity index (χ0v) is 13.3. The van der Waals surface area contributed by atoms with Gasteiger partial charge >= 0.3 is 0 Å². The third kappa shape index (κ3) is 4.26. The Morgan fingerprint density at radius 2 is 1.67 bits per heavy atom. The van der Waals surface area contributed by atoms with Crippen molar-refractivity contribution >= 4 is 27.6 Å². The second-order valence-corrected chi connectivity index (χ2v) is 5.62. The maximum absolute atomic E-state index is 12.4. The van der Waals surface area contributed by atoms with Crippen molar-refractivity contribution in [2.24, 2.45) is 0 Å². The Hall–Kier alpha value is -1.94. The number of ketones is 1. The Bertz CT molecular complexity index is 640. The van der Waals surface area contributed by atoms with E-state index >= 15 is 0 Å². The van der Waals surface area contributed by atoms with Crippen LogP contribution in [0.15, 0.2) is 59.1 Å². The van der Waals surface area contributed by atoms with Gasteiger partial charge in [0.1, 0.15) is 0 Å². The van der Waals surface area contributed by atoms with Crippen molar-refractivity contribution in [3.05, 3.63) is 70.2 Å². The number of carbonyl (C=O) groups is 2. The first kappa shape index (κ1) is 15.4. The van der Waals surface area contributed by atoms with E-state index < -0.39 is 0 Å². The molecule has 2 rings (SSSR count). The maximum Gasteiger partial charge on any atom is 0.217 e. The molecule has 0 heterocycles. The van der Waals surface area contributed by atoms with Gasteiger partial charge in [-0.3, -0.25) is 9.59 Å². The first-order chi connectivity index (χ1) is 10.1. The summed E-state index contributed by atoms with van der Waals surface area (Å²) < 4.78 is 0.879. The smallest absolute Gasteiger partial charge is 0.217 e. The van der Waals surface area contributed by atoms with Crippen molar-refractivity contribution in [3.8, 4) is 0 Å². The number of halogens is 1. The van der Waals surface area contributed by atoms with Crippen molar-refractivity contribution in [2.45, 2.75) is 19.4 Å².